The van der Waals surface area contributed by atoms with Crippen LogP contribution in [0.3, 0.4) is 0 Å². The highest BCUT2D eigenvalue weighted by atomic mass is 16.2. The molecule has 0 aliphatic heterocycles. The van der Waals surface area contributed by atoms with Crippen molar-refractivity contribution in [1.82, 2.24) is 15.5 Å². The van der Waals surface area contributed by atoms with E-state index in [0.717, 1.165) is 19.3 Å². The Kier molecular flexibility index (Phi) is 5.62. The second-order valence-electron chi connectivity index (χ2n) is 6.96. The Labute approximate surface area is 127 Å². The van der Waals surface area contributed by atoms with Gasteiger partial charge in [-0.05, 0) is 38.1 Å². The first-order valence-corrected chi connectivity index (χ1v) is 8.23. The van der Waals surface area contributed by atoms with Gasteiger partial charge in [-0.3, -0.25) is 14.5 Å². The zero-order valence-electron chi connectivity index (χ0n) is 13.5. The number of hydrogen-bond donors (Lipinski definition) is 2. The highest BCUT2D eigenvalue weighted by Gasteiger charge is 2.28. The molecule has 2 rings (SSSR count). The number of hydrogen-bond acceptors (Lipinski definition) is 3. The molecule has 0 saturated heterocycles. The van der Waals surface area contributed by atoms with Crippen LogP contribution < -0.4 is 10.6 Å². The highest BCUT2D eigenvalue weighted by molar-refractivity contribution is 5.81. The van der Waals surface area contributed by atoms with E-state index in [2.05, 4.69) is 24.5 Å². The zero-order chi connectivity index (χ0) is 15.4. The minimum Gasteiger partial charge on any atom is -0.352 e. The second kappa shape index (κ2) is 7.25. The molecule has 0 aromatic carbocycles. The van der Waals surface area contributed by atoms with E-state index in [1.54, 1.807) is 4.90 Å². The van der Waals surface area contributed by atoms with Crippen molar-refractivity contribution in [3.8, 4) is 0 Å². The zero-order valence-corrected chi connectivity index (χ0v) is 13.5. The molecule has 3 atom stereocenters. The molecule has 2 saturated carbocycles. The maximum absolute atomic E-state index is 12.1. The quantitative estimate of drug-likeness (QED) is 0.772. The molecular formula is C16H29N3O2. The van der Waals surface area contributed by atoms with Crippen LogP contribution in [-0.4, -0.2) is 48.9 Å². The van der Waals surface area contributed by atoms with Crippen molar-refractivity contribution in [3.63, 3.8) is 0 Å². The first kappa shape index (κ1) is 16.3. The number of carbonyl (C=O) groups excluding carboxylic acids is 2. The average Bonchev–Trinajstić information content (AvgIpc) is 3.18. The van der Waals surface area contributed by atoms with Crippen molar-refractivity contribution in [2.24, 2.45) is 11.8 Å². The molecule has 5 heteroatoms. The van der Waals surface area contributed by atoms with Gasteiger partial charge in [0, 0.05) is 12.1 Å². The van der Waals surface area contributed by atoms with Crippen LogP contribution in [-0.2, 0) is 9.59 Å². The normalized spacial score (nSPS) is 29.2. The third kappa shape index (κ3) is 5.30. The van der Waals surface area contributed by atoms with Crippen molar-refractivity contribution in [2.45, 2.75) is 58.0 Å². The number of rotatable bonds is 6. The lowest BCUT2D eigenvalue weighted by Crippen LogP contribution is -2.48. The lowest BCUT2D eigenvalue weighted by Gasteiger charge is -2.34. The van der Waals surface area contributed by atoms with Crippen LogP contribution in [0.25, 0.3) is 0 Å². The van der Waals surface area contributed by atoms with Gasteiger partial charge in [0.2, 0.25) is 11.8 Å². The van der Waals surface area contributed by atoms with Gasteiger partial charge in [0.1, 0.15) is 0 Å². The fourth-order valence-electron chi connectivity index (χ4n) is 3.09. The number of likely N-dealkylation sites (N-methyl/N-ethyl adjacent to an activating group) is 1. The predicted octanol–water partition coefficient (Wildman–Crippen LogP) is 1.14. The third-order valence-corrected chi connectivity index (χ3v) is 4.82. The predicted molar refractivity (Wildman–Crippen MR) is 82.8 cm³/mol. The molecule has 2 aliphatic rings. The van der Waals surface area contributed by atoms with Crippen molar-refractivity contribution < 1.29 is 9.59 Å². The van der Waals surface area contributed by atoms with Crippen LogP contribution in [0.5, 0.6) is 0 Å². The molecule has 2 amide bonds. The molecule has 2 fully saturated rings. The second-order valence-corrected chi connectivity index (χ2v) is 6.96. The summed E-state index contributed by atoms with van der Waals surface area (Å²) in [6.07, 6.45) is 5.70. The van der Waals surface area contributed by atoms with Gasteiger partial charge in [-0.1, -0.05) is 26.7 Å². The van der Waals surface area contributed by atoms with Gasteiger partial charge in [0.15, 0.2) is 0 Å². The van der Waals surface area contributed by atoms with E-state index in [0.29, 0.717) is 24.4 Å². The molecule has 2 aliphatic carbocycles. The average molecular weight is 295 g/mol. The van der Waals surface area contributed by atoms with Crippen molar-refractivity contribution in [3.05, 3.63) is 0 Å². The van der Waals surface area contributed by atoms with Crippen molar-refractivity contribution in [2.75, 3.05) is 20.1 Å². The molecule has 0 aromatic heterocycles. The Balaban J connectivity index is 1.68. The molecule has 0 radical (unpaired) electrons. The summed E-state index contributed by atoms with van der Waals surface area (Å²) < 4.78 is 0. The Morgan fingerprint density at radius 1 is 1.00 bits per heavy atom. The van der Waals surface area contributed by atoms with Gasteiger partial charge in [-0.2, -0.15) is 0 Å². The van der Waals surface area contributed by atoms with Gasteiger partial charge < -0.3 is 10.6 Å². The topological polar surface area (TPSA) is 61.4 Å². The van der Waals surface area contributed by atoms with Gasteiger partial charge in [-0.15, -0.1) is 0 Å². The Hall–Kier alpha value is -1.10. The summed E-state index contributed by atoms with van der Waals surface area (Å²) in [5.41, 5.74) is 0. The van der Waals surface area contributed by atoms with Gasteiger partial charge >= 0.3 is 0 Å². The lowest BCUT2D eigenvalue weighted by atomic mass is 9.78. The molecular weight excluding hydrogens is 266 g/mol. The van der Waals surface area contributed by atoms with E-state index < -0.39 is 0 Å². The highest BCUT2D eigenvalue weighted by Crippen LogP contribution is 2.29. The van der Waals surface area contributed by atoms with Gasteiger partial charge in [0.25, 0.3) is 0 Å². The fraction of sp³-hybridized carbons (Fsp3) is 0.875. The molecule has 5 nitrogen and oxygen atoms in total. The Morgan fingerprint density at radius 2 is 1.62 bits per heavy atom. The number of carbonyl (C=O) groups is 2. The van der Waals surface area contributed by atoms with Crippen LogP contribution in [0.4, 0.5) is 0 Å². The molecule has 2 N–H and O–H groups in total. The number of amides is 2. The molecule has 21 heavy (non-hydrogen) atoms. The van der Waals surface area contributed by atoms with Crippen molar-refractivity contribution in [1.29, 1.82) is 0 Å². The summed E-state index contributed by atoms with van der Waals surface area (Å²) in [4.78, 5) is 25.6. The summed E-state index contributed by atoms with van der Waals surface area (Å²) in [5.74, 6) is 1.26. The summed E-state index contributed by atoms with van der Waals surface area (Å²) in [5, 5.41) is 6.08. The number of nitrogens with one attached hydrogen (secondary N) is 2. The summed E-state index contributed by atoms with van der Waals surface area (Å²) in [6.45, 7) is 5.06. The first-order chi connectivity index (χ1) is 9.95. The van der Waals surface area contributed by atoms with Crippen molar-refractivity contribution >= 4 is 11.8 Å². The summed E-state index contributed by atoms with van der Waals surface area (Å²) in [7, 11) is 1.82. The van der Waals surface area contributed by atoms with Crippen LogP contribution in [0.1, 0.15) is 46.0 Å². The largest absolute Gasteiger partial charge is 0.352 e. The van der Waals surface area contributed by atoms with Crippen LogP contribution >= 0.6 is 0 Å². The third-order valence-electron chi connectivity index (χ3n) is 4.82. The maximum Gasteiger partial charge on any atom is 0.234 e. The molecule has 0 aromatic rings. The fourth-order valence-corrected chi connectivity index (χ4v) is 3.09. The standard InChI is InChI=1S/C16H29N3O2/c1-11-5-4-6-14(12(11)2)18-16(21)10-19(3)9-15(20)17-13-7-8-13/h11-14H,4-10H2,1-3H3,(H,17,20)(H,18,21). The molecule has 3 unspecified atom stereocenters. The van der Waals surface area contributed by atoms with E-state index in [4.69, 9.17) is 0 Å². The van der Waals surface area contributed by atoms with Crippen LogP contribution in [0.2, 0.25) is 0 Å². The molecule has 0 heterocycles. The Bertz CT molecular complexity index is 382. The van der Waals surface area contributed by atoms with E-state index in [-0.39, 0.29) is 24.4 Å². The monoisotopic (exact) mass is 295 g/mol. The van der Waals surface area contributed by atoms with E-state index in [1.807, 2.05) is 7.05 Å². The smallest absolute Gasteiger partial charge is 0.234 e. The molecule has 0 bridgehead atoms. The lowest BCUT2D eigenvalue weighted by molar-refractivity contribution is -0.125. The first-order valence-electron chi connectivity index (χ1n) is 8.23. The van der Waals surface area contributed by atoms with Crippen LogP contribution in [0.15, 0.2) is 0 Å². The van der Waals surface area contributed by atoms with Gasteiger partial charge in [-0.25, -0.2) is 0 Å². The van der Waals surface area contributed by atoms with E-state index in [1.165, 1.54) is 12.8 Å². The number of nitrogens with zero attached hydrogens (tertiary/aromatic N) is 1. The van der Waals surface area contributed by atoms with E-state index >= 15 is 0 Å². The van der Waals surface area contributed by atoms with E-state index in [9.17, 15) is 9.59 Å². The van der Waals surface area contributed by atoms with Gasteiger partial charge in [0.05, 0.1) is 13.1 Å². The molecule has 120 valence electrons. The Morgan fingerprint density at radius 3 is 2.24 bits per heavy atom. The SMILES string of the molecule is CC1CCCC(NC(=O)CN(C)CC(=O)NC2CC2)C1C. The summed E-state index contributed by atoms with van der Waals surface area (Å²) in [6, 6.07) is 0.666. The summed E-state index contributed by atoms with van der Waals surface area (Å²) >= 11 is 0. The maximum atomic E-state index is 12.1. The van der Waals surface area contributed by atoms with Crippen LogP contribution in [0, 0.1) is 11.8 Å². The minimum atomic E-state index is 0.0208. The minimum absolute atomic E-state index is 0.0208. The molecule has 0 spiro atoms.